The van der Waals surface area contributed by atoms with Gasteiger partial charge in [-0.1, -0.05) is 6.92 Å². The third-order valence-corrected chi connectivity index (χ3v) is 2.55. The number of hydrogen-bond donors (Lipinski definition) is 0. The van der Waals surface area contributed by atoms with Crippen molar-refractivity contribution in [1.29, 1.82) is 0 Å². The zero-order valence-corrected chi connectivity index (χ0v) is 11.4. The molecule has 18 heavy (non-hydrogen) atoms. The summed E-state index contributed by atoms with van der Waals surface area (Å²) in [4.78, 5) is 23.0. The van der Waals surface area contributed by atoms with Gasteiger partial charge in [-0.15, -0.1) is 0 Å². The summed E-state index contributed by atoms with van der Waals surface area (Å²) in [6.07, 6.45) is 0.409. The average molecular weight is 248 g/mol. The molecule has 3 heteroatoms. The van der Waals surface area contributed by atoms with Crippen LogP contribution in [0.3, 0.4) is 0 Å². The van der Waals surface area contributed by atoms with Crippen molar-refractivity contribution in [3.63, 3.8) is 0 Å². The summed E-state index contributed by atoms with van der Waals surface area (Å²) < 4.78 is 5.51. The lowest BCUT2D eigenvalue weighted by atomic mass is 9.95. The van der Waals surface area contributed by atoms with Gasteiger partial charge in [-0.25, -0.2) is 0 Å². The first kappa shape index (κ1) is 14.4. The summed E-state index contributed by atoms with van der Waals surface area (Å²) in [7, 11) is 0. The molecule has 1 aromatic carbocycles. The van der Waals surface area contributed by atoms with Gasteiger partial charge in [0.2, 0.25) is 0 Å². The Morgan fingerprint density at radius 2 is 1.67 bits per heavy atom. The number of ether oxygens (including phenoxy) is 1. The van der Waals surface area contributed by atoms with Crippen LogP contribution in [0.1, 0.15) is 44.5 Å². The van der Waals surface area contributed by atoms with Crippen LogP contribution in [0.15, 0.2) is 24.3 Å². The molecule has 1 atom stereocenters. The molecule has 1 aromatic rings. The molecule has 1 unspecified atom stereocenters. The van der Waals surface area contributed by atoms with Crippen molar-refractivity contribution in [1.82, 2.24) is 0 Å². The number of benzene rings is 1. The third-order valence-electron chi connectivity index (χ3n) is 2.55. The van der Waals surface area contributed by atoms with Crippen molar-refractivity contribution in [2.75, 3.05) is 0 Å². The van der Waals surface area contributed by atoms with Crippen LogP contribution in [0.5, 0.6) is 5.75 Å². The van der Waals surface area contributed by atoms with E-state index >= 15 is 0 Å². The maximum Gasteiger partial charge on any atom is 0.166 e. The van der Waals surface area contributed by atoms with Gasteiger partial charge in [-0.2, -0.15) is 0 Å². The summed E-state index contributed by atoms with van der Waals surface area (Å²) in [5, 5.41) is 0. The van der Waals surface area contributed by atoms with Gasteiger partial charge >= 0.3 is 0 Å². The van der Waals surface area contributed by atoms with Crippen LogP contribution in [0, 0.1) is 5.92 Å². The van der Waals surface area contributed by atoms with E-state index in [1.165, 1.54) is 6.92 Å². The molecule has 0 fully saturated rings. The molecular formula is C15H20O3. The molecule has 0 saturated heterocycles. The van der Waals surface area contributed by atoms with Crippen molar-refractivity contribution in [2.24, 2.45) is 5.92 Å². The van der Waals surface area contributed by atoms with Crippen molar-refractivity contribution in [3.8, 4) is 5.75 Å². The molecule has 0 radical (unpaired) electrons. The molecule has 0 bridgehead atoms. The van der Waals surface area contributed by atoms with E-state index in [2.05, 4.69) is 0 Å². The summed E-state index contributed by atoms with van der Waals surface area (Å²) in [5.74, 6) is 0.525. The first-order valence-corrected chi connectivity index (χ1v) is 6.20. The monoisotopic (exact) mass is 248 g/mol. The van der Waals surface area contributed by atoms with E-state index in [1.54, 1.807) is 31.2 Å². The molecule has 0 aliphatic carbocycles. The Morgan fingerprint density at radius 3 is 2.11 bits per heavy atom. The van der Waals surface area contributed by atoms with Crippen LogP contribution in [0.25, 0.3) is 0 Å². The van der Waals surface area contributed by atoms with Gasteiger partial charge in [0.25, 0.3) is 0 Å². The minimum atomic E-state index is -0.264. The van der Waals surface area contributed by atoms with Crippen molar-refractivity contribution in [2.45, 2.75) is 40.2 Å². The minimum Gasteiger partial charge on any atom is -0.491 e. The van der Waals surface area contributed by atoms with Crippen LogP contribution in [0.4, 0.5) is 0 Å². The molecule has 0 aromatic heterocycles. The molecule has 0 spiro atoms. The summed E-state index contributed by atoms with van der Waals surface area (Å²) in [6, 6.07) is 7.06. The Bertz CT molecular complexity index is 418. The predicted octanol–water partition coefficient (Wildman–Crippen LogP) is 3.27. The minimum absolute atomic E-state index is 0.00120. The molecule has 0 amide bonds. The summed E-state index contributed by atoms with van der Waals surface area (Å²) >= 11 is 0. The van der Waals surface area contributed by atoms with E-state index in [4.69, 9.17) is 4.74 Å². The number of hydrogen-bond acceptors (Lipinski definition) is 3. The molecule has 0 N–H and O–H groups in total. The van der Waals surface area contributed by atoms with Gasteiger partial charge in [-0.3, -0.25) is 4.79 Å². The fourth-order valence-corrected chi connectivity index (χ4v) is 1.78. The average Bonchev–Trinajstić information content (AvgIpc) is 2.27. The molecule has 3 nitrogen and oxygen atoms in total. The molecule has 1 rings (SSSR count). The van der Waals surface area contributed by atoms with Crippen LogP contribution in [-0.2, 0) is 4.79 Å². The van der Waals surface area contributed by atoms with E-state index in [-0.39, 0.29) is 23.6 Å². The van der Waals surface area contributed by atoms with Gasteiger partial charge in [0.1, 0.15) is 11.5 Å². The number of ketones is 2. The molecule has 0 heterocycles. The van der Waals surface area contributed by atoms with Gasteiger partial charge in [-0.05, 0) is 45.0 Å². The standard InChI is InChI=1S/C15H20O3/c1-10(2)18-14-7-5-13(6-8-14)15(17)11(3)9-12(4)16/h5-8,10-11H,9H2,1-4H3. The number of rotatable bonds is 6. The van der Waals surface area contributed by atoms with E-state index in [0.29, 0.717) is 12.0 Å². The molecule has 0 aliphatic heterocycles. The second kappa shape index (κ2) is 6.34. The second-order valence-electron chi connectivity index (χ2n) is 4.86. The van der Waals surface area contributed by atoms with Crippen LogP contribution in [-0.4, -0.2) is 17.7 Å². The maximum absolute atomic E-state index is 12.0. The molecule has 0 aliphatic rings. The summed E-state index contributed by atoms with van der Waals surface area (Å²) in [6.45, 7) is 7.19. The summed E-state index contributed by atoms with van der Waals surface area (Å²) in [5.41, 5.74) is 0.625. The Balaban J connectivity index is 2.72. The fraction of sp³-hybridized carbons (Fsp3) is 0.467. The Labute approximate surface area is 108 Å². The number of carbonyl (C=O) groups excluding carboxylic acids is 2. The highest BCUT2D eigenvalue weighted by molar-refractivity contribution is 5.99. The lowest BCUT2D eigenvalue weighted by molar-refractivity contribution is -0.117. The van der Waals surface area contributed by atoms with Crippen molar-refractivity contribution >= 4 is 11.6 Å². The van der Waals surface area contributed by atoms with E-state index in [1.807, 2.05) is 13.8 Å². The SMILES string of the molecule is CC(=O)CC(C)C(=O)c1ccc(OC(C)C)cc1. The molecule has 98 valence electrons. The first-order valence-electron chi connectivity index (χ1n) is 6.20. The highest BCUT2D eigenvalue weighted by atomic mass is 16.5. The largest absolute Gasteiger partial charge is 0.491 e. The van der Waals surface area contributed by atoms with Gasteiger partial charge in [0, 0.05) is 17.9 Å². The Hall–Kier alpha value is -1.64. The van der Waals surface area contributed by atoms with Gasteiger partial charge < -0.3 is 9.53 Å². The Kier molecular flexibility index (Phi) is 5.08. The quantitative estimate of drug-likeness (QED) is 0.726. The van der Waals surface area contributed by atoms with Crippen LogP contribution in [0.2, 0.25) is 0 Å². The van der Waals surface area contributed by atoms with Gasteiger partial charge in [0.15, 0.2) is 5.78 Å². The van der Waals surface area contributed by atoms with Crippen LogP contribution >= 0.6 is 0 Å². The second-order valence-corrected chi connectivity index (χ2v) is 4.86. The zero-order valence-electron chi connectivity index (χ0n) is 11.4. The highest BCUT2D eigenvalue weighted by Gasteiger charge is 2.16. The lowest BCUT2D eigenvalue weighted by Crippen LogP contribution is -2.14. The smallest absolute Gasteiger partial charge is 0.166 e. The van der Waals surface area contributed by atoms with E-state index in [0.717, 1.165) is 5.75 Å². The van der Waals surface area contributed by atoms with E-state index in [9.17, 15) is 9.59 Å². The number of Topliss-reactive ketones (excluding diaryl/α,β-unsaturated/α-hetero) is 2. The zero-order chi connectivity index (χ0) is 13.7. The van der Waals surface area contributed by atoms with E-state index < -0.39 is 0 Å². The molecule has 0 saturated carbocycles. The normalized spacial score (nSPS) is 12.3. The Morgan fingerprint density at radius 1 is 1.11 bits per heavy atom. The van der Waals surface area contributed by atoms with Crippen molar-refractivity contribution < 1.29 is 14.3 Å². The van der Waals surface area contributed by atoms with Crippen molar-refractivity contribution in [3.05, 3.63) is 29.8 Å². The topological polar surface area (TPSA) is 43.4 Å². The highest BCUT2D eigenvalue weighted by Crippen LogP contribution is 2.17. The maximum atomic E-state index is 12.0. The predicted molar refractivity (Wildman–Crippen MR) is 71.0 cm³/mol. The fourth-order valence-electron chi connectivity index (χ4n) is 1.78. The van der Waals surface area contributed by atoms with Crippen LogP contribution < -0.4 is 4.74 Å². The molecular weight excluding hydrogens is 228 g/mol. The lowest BCUT2D eigenvalue weighted by Gasteiger charge is -2.11. The van der Waals surface area contributed by atoms with Gasteiger partial charge in [0.05, 0.1) is 6.10 Å². The third kappa shape index (κ3) is 4.32. The first-order chi connectivity index (χ1) is 8.40. The number of carbonyl (C=O) groups is 2.